The number of fused-ring (bicyclic) bond motifs is 1. The molecule has 1 aliphatic rings. The molecular weight excluding hydrogens is 396 g/mol. The smallest absolute Gasteiger partial charge is 0.242 e. The van der Waals surface area contributed by atoms with Crippen molar-refractivity contribution in [1.29, 1.82) is 0 Å². The van der Waals surface area contributed by atoms with Crippen molar-refractivity contribution >= 4 is 23.2 Å². The van der Waals surface area contributed by atoms with Gasteiger partial charge in [-0.25, -0.2) is 0 Å². The number of carbonyl (C=O) groups is 2. The fourth-order valence-electron chi connectivity index (χ4n) is 3.87. The molecule has 0 fully saturated rings. The molecule has 0 N–H and O–H groups in total. The lowest BCUT2D eigenvalue weighted by Gasteiger charge is -2.37. The molecule has 1 atom stereocenters. The van der Waals surface area contributed by atoms with E-state index in [2.05, 4.69) is 37.4 Å². The number of amides is 2. The Morgan fingerprint density at radius 2 is 1.97 bits per heavy atom. The summed E-state index contributed by atoms with van der Waals surface area (Å²) >= 11 is 1.74. The summed E-state index contributed by atoms with van der Waals surface area (Å²) in [5.41, 5.74) is 2.44. The Kier molecular flexibility index (Phi) is 7.53. The number of carbonyl (C=O) groups excluding carboxylic acids is 2. The molecule has 30 heavy (non-hydrogen) atoms. The summed E-state index contributed by atoms with van der Waals surface area (Å²) in [6.07, 6.45) is 1.69. The third-order valence-corrected chi connectivity index (χ3v) is 6.63. The molecule has 2 aromatic rings. The van der Waals surface area contributed by atoms with Gasteiger partial charge in [0.25, 0.3) is 0 Å². The fraction of sp³-hybridized carbons (Fsp3) is 0.500. The topological polar surface area (TPSA) is 49.9 Å². The quantitative estimate of drug-likeness (QED) is 0.616. The van der Waals surface area contributed by atoms with E-state index in [0.717, 1.165) is 18.6 Å². The molecule has 0 radical (unpaired) electrons. The van der Waals surface area contributed by atoms with Crippen LogP contribution in [-0.2, 0) is 16.0 Å². The Labute approximate surface area is 183 Å². The van der Waals surface area contributed by atoms with E-state index in [9.17, 15) is 9.59 Å². The maximum atomic E-state index is 13.1. The van der Waals surface area contributed by atoms with Crippen LogP contribution in [-0.4, -0.2) is 47.9 Å². The average Bonchev–Trinajstić information content (AvgIpc) is 3.20. The molecule has 162 valence electrons. The monoisotopic (exact) mass is 428 g/mol. The largest absolute Gasteiger partial charge is 0.491 e. The number of hydrogen-bond acceptors (Lipinski definition) is 4. The van der Waals surface area contributed by atoms with Crippen LogP contribution in [0.5, 0.6) is 5.75 Å². The third-order valence-electron chi connectivity index (χ3n) is 5.63. The molecule has 5 nitrogen and oxygen atoms in total. The number of nitrogens with zero attached hydrogens (tertiary/aromatic N) is 2. The van der Waals surface area contributed by atoms with Gasteiger partial charge >= 0.3 is 0 Å². The molecular formula is C24H32N2O3S. The van der Waals surface area contributed by atoms with Gasteiger partial charge in [-0.3, -0.25) is 9.59 Å². The van der Waals surface area contributed by atoms with Crippen molar-refractivity contribution < 1.29 is 14.3 Å². The van der Waals surface area contributed by atoms with Crippen molar-refractivity contribution in [2.75, 3.05) is 26.2 Å². The van der Waals surface area contributed by atoms with E-state index in [-0.39, 0.29) is 24.4 Å². The first-order chi connectivity index (χ1) is 14.4. The molecule has 1 aromatic heterocycles. The molecule has 0 saturated heterocycles. The maximum Gasteiger partial charge on any atom is 0.242 e. The van der Waals surface area contributed by atoms with Crippen LogP contribution in [0.3, 0.4) is 0 Å². The van der Waals surface area contributed by atoms with Crippen molar-refractivity contribution in [2.45, 2.75) is 52.5 Å². The molecule has 2 heterocycles. The van der Waals surface area contributed by atoms with Crippen LogP contribution < -0.4 is 4.74 Å². The standard InChI is InChI=1S/C24H32N2O3S/c1-5-12-25(18(4)27)15-24(28)26-13-10-23-21(11-14-30-23)22(26)16-29-20-8-6-19(7-9-20)17(2)3/h6-9,11,14,17,22H,5,10,12-13,15-16H2,1-4H3/t22-/m1/s1. The number of benzene rings is 1. The molecule has 2 amide bonds. The van der Waals surface area contributed by atoms with E-state index in [4.69, 9.17) is 4.74 Å². The summed E-state index contributed by atoms with van der Waals surface area (Å²) in [4.78, 5) is 29.9. The van der Waals surface area contributed by atoms with Crippen molar-refractivity contribution in [2.24, 2.45) is 0 Å². The van der Waals surface area contributed by atoms with Crippen LogP contribution in [0, 0.1) is 0 Å². The van der Waals surface area contributed by atoms with Crippen LogP contribution in [0.4, 0.5) is 0 Å². The second-order valence-corrected chi connectivity index (χ2v) is 9.13. The zero-order valence-corrected chi connectivity index (χ0v) is 19.2. The normalized spacial score (nSPS) is 15.8. The highest BCUT2D eigenvalue weighted by molar-refractivity contribution is 7.10. The minimum Gasteiger partial charge on any atom is -0.491 e. The minimum atomic E-state index is -0.132. The summed E-state index contributed by atoms with van der Waals surface area (Å²) in [5, 5.41) is 2.09. The fourth-order valence-corrected chi connectivity index (χ4v) is 4.80. The lowest BCUT2D eigenvalue weighted by molar-refractivity contribution is -0.141. The van der Waals surface area contributed by atoms with Gasteiger partial charge < -0.3 is 14.5 Å². The van der Waals surface area contributed by atoms with E-state index < -0.39 is 0 Å². The van der Waals surface area contributed by atoms with Gasteiger partial charge in [0.15, 0.2) is 0 Å². The van der Waals surface area contributed by atoms with E-state index in [0.29, 0.717) is 25.6 Å². The Morgan fingerprint density at radius 3 is 2.60 bits per heavy atom. The van der Waals surface area contributed by atoms with Crippen LogP contribution in [0.1, 0.15) is 62.1 Å². The van der Waals surface area contributed by atoms with E-state index in [1.165, 1.54) is 22.9 Å². The Balaban J connectivity index is 1.74. The summed E-state index contributed by atoms with van der Waals surface area (Å²) in [6.45, 7) is 9.67. The van der Waals surface area contributed by atoms with Crippen molar-refractivity contribution in [3.05, 3.63) is 51.7 Å². The molecule has 0 spiro atoms. The van der Waals surface area contributed by atoms with E-state index in [1.54, 1.807) is 16.2 Å². The summed E-state index contributed by atoms with van der Waals surface area (Å²) in [6, 6.07) is 10.1. The number of rotatable bonds is 8. The summed E-state index contributed by atoms with van der Waals surface area (Å²) in [5.74, 6) is 1.22. The van der Waals surface area contributed by atoms with Gasteiger partial charge in [0.2, 0.25) is 11.8 Å². The molecule has 0 bridgehead atoms. The second kappa shape index (κ2) is 10.1. The van der Waals surface area contributed by atoms with Gasteiger partial charge in [0.05, 0.1) is 12.6 Å². The van der Waals surface area contributed by atoms with Gasteiger partial charge in [0, 0.05) is 24.9 Å². The SMILES string of the molecule is CCCN(CC(=O)N1CCc2sccc2[C@H]1COc1ccc(C(C)C)cc1)C(C)=O. The van der Waals surface area contributed by atoms with E-state index in [1.807, 2.05) is 24.0 Å². The highest BCUT2D eigenvalue weighted by Gasteiger charge is 2.33. The molecule has 0 aliphatic carbocycles. The molecule has 1 aromatic carbocycles. The Bertz CT molecular complexity index is 860. The molecule has 3 rings (SSSR count). The lowest BCUT2D eigenvalue weighted by Crippen LogP contribution is -2.47. The van der Waals surface area contributed by atoms with Crippen molar-refractivity contribution in [3.63, 3.8) is 0 Å². The minimum absolute atomic E-state index is 0.0146. The third kappa shape index (κ3) is 5.22. The number of ether oxygens (including phenoxy) is 1. The van der Waals surface area contributed by atoms with Crippen LogP contribution in [0.15, 0.2) is 35.7 Å². The van der Waals surface area contributed by atoms with Gasteiger partial charge in [-0.05, 0) is 53.5 Å². The first-order valence-electron chi connectivity index (χ1n) is 10.7. The van der Waals surface area contributed by atoms with Gasteiger partial charge in [-0.15, -0.1) is 11.3 Å². The summed E-state index contributed by atoms with van der Waals surface area (Å²) < 4.78 is 6.12. The van der Waals surface area contributed by atoms with E-state index >= 15 is 0 Å². The second-order valence-electron chi connectivity index (χ2n) is 8.13. The van der Waals surface area contributed by atoms with Crippen molar-refractivity contribution in [1.82, 2.24) is 9.80 Å². The first kappa shape index (κ1) is 22.3. The number of hydrogen-bond donors (Lipinski definition) is 0. The predicted octanol–water partition coefficient (Wildman–Crippen LogP) is 4.63. The Hall–Kier alpha value is -2.34. The van der Waals surface area contributed by atoms with Crippen LogP contribution >= 0.6 is 11.3 Å². The Morgan fingerprint density at radius 1 is 1.23 bits per heavy atom. The predicted molar refractivity (Wildman–Crippen MR) is 121 cm³/mol. The van der Waals surface area contributed by atoms with Crippen LogP contribution in [0.2, 0.25) is 0 Å². The highest BCUT2D eigenvalue weighted by Crippen LogP contribution is 2.34. The van der Waals surface area contributed by atoms with Gasteiger partial charge in [-0.2, -0.15) is 0 Å². The molecule has 0 unspecified atom stereocenters. The molecule has 0 saturated carbocycles. The highest BCUT2D eigenvalue weighted by atomic mass is 32.1. The maximum absolute atomic E-state index is 13.1. The van der Waals surface area contributed by atoms with Gasteiger partial charge in [0.1, 0.15) is 12.4 Å². The van der Waals surface area contributed by atoms with Gasteiger partial charge in [-0.1, -0.05) is 32.9 Å². The first-order valence-corrected chi connectivity index (χ1v) is 11.6. The average molecular weight is 429 g/mol. The lowest BCUT2D eigenvalue weighted by atomic mass is 10.00. The zero-order chi connectivity index (χ0) is 21.7. The van der Waals surface area contributed by atoms with Crippen LogP contribution in [0.25, 0.3) is 0 Å². The summed E-state index contributed by atoms with van der Waals surface area (Å²) in [7, 11) is 0. The van der Waals surface area contributed by atoms with Crippen molar-refractivity contribution in [3.8, 4) is 5.75 Å². The number of thiophene rings is 1. The molecule has 6 heteroatoms. The molecule has 1 aliphatic heterocycles. The zero-order valence-electron chi connectivity index (χ0n) is 18.4.